The fourth-order valence-corrected chi connectivity index (χ4v) is 6.04. The number of benzene rings is 1. The van der Waals surface area contributed by atoms with Crippen LogP contribution in [0.3, 0.4) is 0 Å². The second-order valence-electron chi connectivity index (χ2n) is 7.84. The van der Waals surface area contributed by atoms with E-state index in [1.54, 1.807) is 0 Å². The molecule has 2 atom stereocenters. The molecule has 2 heterocycles. The summed E-state index contributed by atoms with van der Waals surface area (Å²) >= 11 is 2.05. The SMILES string of the molecule is C[C@H]1Cc2cccn2C(SC[Si](C)(C)C)=C[C@H]1c1ccccc1. The lowest BCUT2D eigenvalue weighted by Gasteiger charge is -2.20. The van der Waals surface area contributed by atoms with Gasteiger partial charge in [-0.1, -0.05) is 56.9 Å². The van der Waals surface area contributed by atoms with Gasteiger partial charge in [-0.3, -0.25) is 0 Å². The largest absolute Gasteiger partial charge is 0.316 e. The number of fused-ring (bicyclic) bond motifs is 1. The first kappa shape index (κ1) is 16.7. The van der Waals surface area contributed by atoms with Crippen LogP contribution in [0.1, 0.15) is 24.1 Å². The molecule has 122 valence electrons. The molecule has 3 rings (SSSR count). The van der Waals surface area contributed by atoms with E-state index in [4.69, 9.17) is 0 Å². The third-order valence-corrected chi connectivity index (χ3v) is 9.04. The summed E-state index contributed by atoms with van der Waals surface area (Å²) in [6.07, 6.45) is 5.89. The number of aromatic nitrogens is 1. The van der Waals surface area contributed by atoms with Crippen molar-refractivity contribution in [3.8, 4) is 0 Å². The van der Waals surface area contributed by atoms with E-state index in [1.807, 2.05) is 0 Å². The molecule has 0 saturated heterocycles. The molecule has 0 spiro atoms. The van der Waals surface area contributed by atoms with Crippen molar-refractivity contribution < 1.29 is 0 Å². The van der Waals surface area contributed by atoms with Gasteiger partial charge >= 0.3 is 0 Å². The molecule has 1 aromatic carbocycles. The molecule has 0 aliphatic carbocycles. The highest BCUT2D eigenvalue weighted by atomic mass is 32.2. The van der Waals surface area contributed by atoms with Gasteiger partial charge in [-0.25, -0.2) is 0 Å². The van der Waals surface area contributed by atoms with Crippen LogP contribution in [0.15, 0.2) is 54.7 Å². The van der Waals surface area contributed by atoms with Gasteiger partial charge in [0, 0.05) is 17.8 Å². The van der Waals surface area contributed by atoms with Crippen molar-refractivity contribution in [1.82, 2.24) is 4.57 Å². The summed E-state index contributed by atoms with van der Waals surface area (Å²) in [6, 6.07) is 15.5. The number of hydrogen-bond donors (Lipinski definition) is 0. The van der Waals surface area contributed by atoms with Crippen molar-refractivity contribution >= 4 is 24.9 Å². The molecule has 1 aromatic heterocycles. The maximum atomic E-state index is 2.52. The van der Waals surface area contributed by atoms with E-state index >= 15 is 0 Å². The van der Waals surface area contributed by atoms with Crippen LogP contribution in [0.5, 0.6) is 0 Å². The van der Waals surface area contributed by atoms with Gasteiger partial charge in [-0.2, -0.15) is 0 Å². The second-order valence-corrected chi connectivity index (χ2v) is 14.8. The zero-order chi connectivity index (χ0) is 16.4. The maximum Gasteiger partial charge on any atom is 0.0753 e. The predicted octanol–water partition coefficient (Wildman–Crippen LogP) is 5.87. The molecule has 0 fully saturated rings. The molecule has 1 nitrogen and oxygen atoms in total. The molecule has 0 radical (unpaired) electrons. The van der Waals surface area contributed by atoms with E-state index in [1.165, 1.54) is 21.7 Å². The van der Waals surface area contributed by atoms with Gasteiger partial charge in [0.1, 0.15) is 0 Å². The summed E-state index contributed by atoms with van der Waals surface area (Å²) in [5.74, 6) is 1.12. The minimum absolute atomic E-state index is 0.500. The molecule has 0 N–H and O–H groups in total. The first-order valence-electron chi connectivity index (χ1n) is 8.50. The van der Waals surface area contributed by atoms with Gasteiger partial charge in [0.2, 0.25) is 0 Å². The van der Waals surface area contributed by atoms with Crippen LogP contribution in [0.2, 0.25) is 19.6 Å². The van der Waals surface area contributed by atoms with E-state index in [0.29, 0.717) is 11.8 Å². The fraction of sp³-hybridized carbons (Fsp3) is 0.400. The van der Waals surface area contributed by atoms with E-state index in [0.717, 1.165) is 6.42 Å². The van der Waals surface area contributed by atoms with Crippen molar-refractivity contribution in [1.29, 1.82) is 0 Å². The number of rotatable bonds is 4. The predicted molar refractivity (Wildman–Crippen MR) is 107 cm³/mol. The van der Waals surface area contributed by atoms with Crippen LogP contribution in [-0.4, -0.2) is 18.0 Å². The van der Waals surface area contributed by atoms with E-state index in [-0.39, 0.29) is 0 Å². The fourth-order valence-electron chi connectivity index (χ4n) is 3.16. The average Bonchev–Trinajstić information content (AvgIpc) is 2.90. The molecule has 1 aliphatic rings. The van der Waals surface area contributed by atoms with Crippen LogP contribution in [0, 0.1) is 5.92 Å². The first-order valence-corrected chi connectivity index (χ1v) is 13.2. The zero-order valence-corrected chi connectivity index (χ0v) is 16.4. The van der Waals surface area contributed by atoms with Crippen LogP contribution in [0.25, 0.3) is 5.03 Å². The molecule has 1 aliphatic heterocycles. The molecule has 23 heavy (non-hydrogen) atoms. The Morgan fingerprint density at radius 2 is 1.83 bits per heavy atom. The maximum absolute atomic E-state index is 2.52. The minimum Gasteiger partial charge on any atom is -0.316 e. The smallest absolute Gasteiger partial charge is 0.0753 e. The Bertz CT molecular complexity index is 681. The standard InChI is InChI=1S/C20H27NSSi/c1-16-13-18-11-8-12-21(18)20(22-15-23(2,3)4)14-19(16)17-9-6-5-7-10-17/h5-12,14,16,19H,13,15H2,1-4H3/t16-,19+/m0/s1. The highest BCUT2D eigenvalue weighted by molar-refractivity contribution is 8.09. The molecular formula is C20H27NSSi. The van der Waals surface area contributed by atoms with Gasteiger partial charge in [0.25, 0.3) is 0 Å². The molecule has 0 saturated carbocycles. The van der Waals surface area contributed by atoms with Crippen LogP contribution in [0.4, 0.5) is 0 Å². The van der Waals surface area contributed by atoms with Crippen LogP contribution < -0.4 is 0 Å². The first-order chi connectivity index (χ1) is 10.9. The third kappa shape index (κ3) is 4.02. The average molecular weight is 342 g/mol. The Balaban J connectivity index is 1.97. The van der Waals surface area contributed by atoms with E-state index in [2.05, 4.69) is 97.6 Å². The summed E-state index contributed by atoms with van der Waals surface area (Å²) < 4.78 is 2.42. The van der Waals surface area contributed by atoms with E-state index < -0.39 is 8.07 Å². The second kappa shape index (κ2) is 6.74. The molecule has 3 heteroatoms. The van der Waals surface area contributed by atoms with Gasteiger partial charge in [0.05, 0.1) is 13.1 Å². The summed E-state index contributed by atoms with van der Waals surface area (Å²) in [5.41, 5.74) is 2.89. The lowest BCUT2D eigenvalue weighted by Crippen LogP contribution is -2.24. The van der Waals surface area contributed by atoms with Crippen molar-refractivity contribution in [3.05, 3.63) is 66.0 Å². The van der Waals surface area contributed by atoms with Crippen LogP contribution >= 0.6 is 11.8 Å². The van der Waals surface area contributed by atoms with Crippen LogP contribution in [-0.2, 0) is 6.42 Å². The molecule has 2 aromatic rings. The molecular weight excluding hydrogens is 314 g/mol. The topological polar surface area (TPSA) is 4.93 Å². The normalized spacial score (nSPS) is 21.5. The number of hydrogen-bond acceptors (Lipinski definition) is 1. The van der Waals surface area contributed by atoms with Gasteiger partial charge < -0.3 is 4.57 Å². The quantitative estimate of drug-likeness (QED) is 0.629. The monoisotopic (exact) mass is 341 g/mol. The highest BCUT2D eigenvalue weighted by Gasteiger charge is 2.25. The van der Waals surface area contributed by atoms with Crippen molar-refractivity contribution in [3.63, 3.8) is 0 Å². The molecule has 0 bridgehead atoms. The third-order valence-electron chi connectivity index (χ3n) is 4.37. The van der Waals surface area contributed by atoms with Crippen molar-refractivity contribution in [2.45, 2.75) is 38.9 Å². The minimum atomic E-state index is -1.07. The van der Waals surface area contributed by atoms with Gasteiger partial charge in [0.15, 0.2) is 0 Å². The van der Waals surface area contributed by atoms with E-state index in [9.17, 15) is 0 Å². The Labute approximate surface area is 145 Å². The summed E-state index contributed by atoms with van der Waals surface area (Å²) in [6.45, 7) is 9.74. The summed E-state index contributed by atoms with van der Waals surface area (Å²) in [5, 5.41) is 2.69. The Morgan fingerprint density at radius 3 is 2.52 bits per heavy atom. The number of nitrogens with zero attached hydrogens (tertiary/aromatic N) is 1. The Hall–Kier alpha value is -1.19. The number of thioether (sulfide) groups is 1. The van der Waals surface area contributed by atoms with Crippen molar-refractivity contribution in [2.24, 2.45) is 5.92 Å². The molecule has 0 amide bonds. The van der Waals surface area contributed by atoms with Crippen molar-refractivity contribution in [2.75, 3.05) is 5.38 Å². The summed E-state index contributed by atoms with van der Waals surface area (Å²) in [4.78, 5) is 0. The van der Waals surface area contributed by atoms with Gasteiger partial charge in [-0.15, -0.1) is 11.8 Å². The zero-order valence-electron chi connectivity index (χ0n) is 14.6. The van der Waals surface area contributed by atoms with Gasteiger partial charge in [-0.05, 0) is 41.5 Å². The highest BCUT2D eigenvalue weighted by Crippen LogP contribution is 2.38. The lowest BCUT2D eigenvalue weighted by atomic mass is 9.85. The molecule has 0 unspecified atom stereocenters. The number of allylic oxidation sites excluding steroid dienone is 1. The summed E-state index contributed by atoms with van der Waals surface area (Å²) in [7, 11) is -1.07. The Kier molecular flexibility index (Phi) is 4.88. The lowest BCUT2D eigenvalue weighted by molar-refractivity contribution is 0.521. The Morgan fingerprint density at radius 1 is 1.09 bits per heavy atom.